The fourth-order valence-electron chi connectivity index (χ4n) is 4.84. The summed E-state index contributed by atoms with van der Waals surface area (Å²) < 4.78 is 38.4. The first kappa shape index (κ1) is 27.0. The first-order valence-corrected chi connectivity index (χ1v) is 13.0. The lowest BCUT2D eigenvalue weighted by Crippen LogP contribution is -2.47. The number of alkyl halides is 3. The van der Waals surface area contributed by atoms with E-state index in [2.05, 4.69) is 77.1 Å². The highest BCUT2D eigenvalue weighted by Gasteiger charge is 2.30. The summed E-state index contributed by atoms with van der Waals surface area (Å²) in [4.78, 5) is 7.21. The molecule has 3 aromatic carbocycles. The number of halogens is 3. The van der Waals surface area contributed by atoms with Crippen LogP contribution in [-0.4, -0.2) is 43.7 Å². The van der Waals surface area contributed by atoms with Gasteiger partial charge in [-0.2, -0.15) is 13.2 Å². The van der Waals surface area contributed by atoms with Crippen LogP contribution >= 0.6 is 0 Å². The van der Waals surface area contributed by atoms with Gasteiger partial charge in [-0.25, -0.2) is 0 Å². The Balaban J connectivity index is 1.26. The Morgan fingerprint density at radius 1 is 0.838 bits per heavy atom. The van der Waals surface area contributed by atoms with E-state index in [1.54, 1.807) is 0 Å². The maximum atomic E-state index is 12.8. The highest BCUT2D eigenvalue weighted by molar-refractivity contribution is 5.57. The molecule has 0 unspecified atom stereocenters. The second-order valence-corrected chi connectivity index (χ2v) is 10.1. The van der Waals surface area contributed by atoms with Crippen LogP contribution in [0.15, 0.2) is 78.9 Å². The van der Waals surface area contributed by atoms with Gasteiger partial charge in [0.05, 0.1) is 5.56 Å². The summed E-state index contributed by atoms with van der Waals surface area (Å²) in [5, 5.41) is 0. The summed E-state index contributed by atoms with van der Waals surface area (Å²) in [6, 6.07) is 24.7. The van der Waals surface area contributed by atoms with Crippen LogP contribution in [0.1, 0.15) is 43.0 Å². The quantitative estimate of drug-likeness (QED) is 0.365. The van der Waals surface area contributed by atoms with E-state index < -0.39 is 11.7 Å². The van der Waals surface area contributed by atoms with Gasteiger partial charge in [-0.15, -0.1) is 0 Å². The van der Waals surface area contributed by atoms with Crippen LogP contribution in [0, 0.1) is 0 Å². The zero-order valence-corrected chi connectivity index (χ0v) is 21.7. The largest absolute Gasteiger partial charge is 0.416 e. The number of hydrogen-bond acceptors (Lipinski definition) is 4. The number of rotatable bonds is 9. The summed E-state index contributed by atoms with van der Waals surface area (Å²) >= 11 is 0. The summed E-state index contributed by atoms with van der Waals surface area (Å²) in [5.74, 6) is 0. The van der Waals surface area contributed by atoms with Crippen molar-refractivity contribution < 1.29 is 13.2 Å². The van der Waals surface area contributed by atoms with E-state index >= 15 is 0 Å². The predicted molar refractivity (Wildman–Crippen MR) is 146 cm³/mol. The van der Waals surface area contributed by atoms with Gasteiger partial charge in [-0.05, 0) is 67.8 Å². The number of benzene rings is 3. The highest BCUT2D eigenvalue weighted by Crippen LogP contribution is 2.30. The van der Waals surface area contributed by atoms with E-state index in [4.69, 9.17) is 5.73 Å². The maximum Gasteiger partial charge on any atom is 0.416 e. The van der Waals surface area contributed by atoms with Crippen LogP contribution in [0.3, 0.4) is 0 Å². The molecule has 0 saturated carbocycles. The Morgan fingerprint density at radius 3 is 2.03 bits per heavy atom. The number of piperazine rings is 1. The topological polar surface area (TPSA) is 35.7 Å². The molecule has 4 rings (SSSR count). The Hall–Kier alpha value is -3.03. The van der Waals surface area contributed by atoms with E-state index in [1.165, 1.54) is 29.1 Å². The van der Waals surface area contributed by atoms with Crippen molar-refractivity contribution in [1.82, 2.24) is 4.90 Å². The van der Waals surface area contributed by atoms with Gasteiger partial charge < -0.3 is 15.5 Å². The molecule has 0 bridgehead atoms. The van der Waals surface area contributed by atoms with E-state index in [1.807, 2.05) is 6.07 Å². The van der Waals surface area contributed by atoms with Gasteiger partial charge >= 0.3 is 6.18 Å². The number of hydrogen-bond donors (Lipinski definition) is 1. The minimum absolute atomic E-state index is 0.271. The van der Waals surface area contributed by atoms with Crippen LogP contribution < -0.4 is 15.5 Å². The molecule has 0 aromatic heterocycles. The summed E-state index contributed by atoms with van der Waals surface area (Å²) in [6.45, 7) is 9.91. The molecule has 0 spiro atoms. The van der Waals surface area contributed by atoms with E-state index in [9.17, 15) is 13.2 Å². The second kappa shape index (κ2) is 12.0. The molecule has 1 saturated heterocycles. The molecular formula is C30H37F3N4. The fourth-order valence-corrected chi connectivity index (χ4v) is 4.84. The zero-order valence-electron chi connectivity index (χ0n) is 21.7. The van der Waals surface area contributed by atoms with Gasteiger partial charge in [0.15, 0.2) is 0 Å². The number of nitrogens with two attached hydrogens (primary N) is 1. The van der Waals surface area contributed by atoms with Crippen LogP contribution in [0.2, 0.25) is 0 Å². The minimum Gasteiger partial charge on any atom is -0.369 e. The molecular weight excluding hydrogens is 473 g/mol. The Kier molecular flexibility index (Phi) is 8.77. The van der Waals surface area contributed by atoms with Crippen molar-refractivity contribution in [1.29, 1.82) is 0 Å². The Labute approximate surface area is 218 Å². The standard InChI is InChI=1S/C30H37F3N4/c1-23(2)37(22-24-6-4-3-5-7-24)28-14-12-27(13-15-28)36-20-18-35(19-21-36)17-16-29(34)25-8-10-26(11-9-25)30(31,32)33/h3-15,23,29H,16-22,34H2,1-2H3/t29-/m0/s1. The van der Waals surface area contributed by atoms with Crippen molar-refractivity contribution in [2.24, 2.45) is 5.73 Å². The van der Waals surface area contributed by atoms with Gasteiger partial charge in [-0.3, -0.25) is 4.90 Å². The van der Waals surface area contributed by atoms with E-state index in [-0.39, 0.29) is 6.04 Å². The average molecular weight is 511 g/mol. The molecule has 1 aliphatic heterocycles. The van der Waals surface area contributed by atoms with Gasteiger partial charge in [0.25, 0.3) is 0 Å². The highest BCUT2D eigenvalue weighted by atomic mass is 19.4. The first-order valence-electron chi connectivity index (χ1n) is 13.0. The van der Waals surface area contributed by atoms with Crippen molar-refractivity contribution in [3.8, 4) is 0 Å². The Bertz CT molecular complexity index is 1090. The number of nitrogens with zero attached hydrogens (tertiary/aromatic N) is 3. The molecule has 2 N–H and O–H groups in total. The van der Waals surface area contributed by atoms with Gasteiger partial charge in [0.2, 0.25) is 0 Å². The average Bonchev–Trinajstić information content (AvgIpc) is 2.91. The molecule has 0 amide bonds. The summed E-state index contributed by atoms with van der Waals surface area (Å²) in [6.07, 6.45) is -3.61. The van der Waals surface area contributed by atoms with Crippen LogP contribution in [-0.2, 0) is 12.7 Å². The third kappa shape index (κ3) is 7.27. The monoisotopic (exact) mass is 510 g/mol. The van der Waals surface area contributed by atoms with E-state index in [0.717, 1.165) is 57.0 Å². The summed E-state index contributed by atoms with van der Waals surface area (Å²) in [5.41, 5.74) is 10.1. The third-order valence-electron chi connectivity index (χ3n) is 7.16. The molecule has 3 aromatic rings. The first-order chi connectivity index (χ1) is 17.7. The molecule has 1 heterocycles. The fraction of sp³-hybridized carbons (Fsp3) is 0.400. The van der Waals surface area contributed by atoms with Crippen molar-refractivity contribution in [3.63, 3.8) is 0 Å². The second-order valence-electron chi connectivity index (χ2n) is 10.1. The molecule has 198 valence electrons. The lowest BCUT2D eigenvalue weighted by Gasteiger charge is -2.37. The molecule has 7 heteroatoms. The lowest BCUT2D eigenvalue weighted by atomic mass is 10.0. The third-order valence-corrected chi connectivity index (χ3v) is 7.16. The molecule has 37 heavy (non-hydrogen) atoms. The molecule has 1 fully saturated rings. The smallest absolute Gasteiger partial charge is 0.369 e. The Morgan fingerprint density at radius 2 is 1.46 bits per heavy atom. The van der Waals surface area contributed by atoms with Crippen molar-refractivity contribution >= 4 is 11.4 Å². The lowest BCUT2D eigenvalue weighted by molar-refractivity contribution is -0.137. The molecule has 0 aliphatic carbocycles. The van der Waals surface area contributed by atoms with Gasteiger partial charge in [-0.1, -0.05) is 42.5 Å². The molecule has 4 nitrogen and oxygen atoms in total. The van der Waals surface area contributed by atoms with E-state index in [0.29, 0.717) is 12.5 Å². The van der Waals surface area contributed by atoms with Crippen LogP contribution in [0.4, 0.5) is 24.5 Å². The van der Waals surface area contributed by atoms with Crippen molar-refractivity contribution in [2.75, 3.05) is 42.5 Å². The minimum atomic E-state index is -4.32. The van der Waals surface area contributed by atoms with Gasteiger partial charge in [0.1, 0.15) is 0 Å². The molecule has 0 radical (unpaired) electrons. The normalized spacial score (nSPS) is 15.7. The molecule has 1 aliphatic rings. The summed E-state index contributed by atoms with van der Waals surface area (Å²) in [7, 11) is 0. The van der Waals surface area contributed by atoms with Crippen molar-refractivity contribution in [2.45, 2.75) is 45.1 Å². The SMILES string of the molecule is CC(C)N(Cc1ccccc1)c1ccc(N2CCN(CC[C@H](N)c3ccc(C(F)(F)F)cc3)CC2)cc1. The number of anilines is 2. The van der Waals surface area contributed by atoms with Crippen LogP contribution in [0.5, 0.6) is 0 Å². The van der Waals surface area contributed by atoms with Crippen molar-refractivity contribution in [3.05, 3.63) is 95.6 Å². The molecule has 1 atom stereocenters. The zero-order chi connectivity index (χ0) is 26.4. The van der Waals surface area contributed by atoms with Crippen LogP contribution in [0.25, 0.3) is 0 Å². The predicted octanol–water partition coefficient (Wildman–Crippen LogP) is 6.33. The maximum absolute atomic E-state index is 12.8. The van der Waals surface area contributed by atoms with Gasteiger partial charge in [0, 0.05) is 62.7 Å².